The lowest BCUT2D eigenvalue weighted by Gasteiger charge is -2.33. The lowest BCUT2D eigenvalue weighted by molar-refractivity contribution is -0.137. The first kappa shape index (κ1) is 24.4. The monoisotopic (exact) mass is 536 g/mol. The number of nitrogens with zero attached hydrogens (tertiary/aromatic N) is 5. The Bertz CT molecular complexity index is 1610. The zero-order chi connectivity index (χ0) is 26.3. The van der Waals surface area contributed by atoms with Crippen molar-refractivity contribution < 1.29 is 18.0 Å². The number of aromatic nitrogens is 4. The molecule has 1 N–H and O–H groups in total. The lowest BCUT2D eigenvalue weighted by atomic mass is 9.97. The van der Waals surface area contributed by atoms with Crippen LogP contribution >= 0.6 is 11.3 Å². The van der Waals surface area contributed by atoms with Crippen molar-refractivity contribution in [1.82, 2.24) is 25.1 Å². The quantitative estimate of drug-likeness (QED) is 0.317. The molecule has 7 nitrogen and oxygen atoms in total. The summed E-state index contributed by atoms with van der Waals surface area (Å²) in [6.45, 7) is 1.71. The van der Waals surface area contributed by atoms with Crippen LogP contribution in [0.5, 0.6) is 0 Å². The van der Waals surface area contributed by atoms with Crippen molar-refractivity contribution >= 4 is 44.2 Å². The molecule has 0 spiro atoms. The molecule has 1 aliphatic rings. The van der Waals surface area contributed by atoms with E-state index < -0.39 is 11.7 Å². The summed E-state index contributed by atoms with van der Waals surface area (Å²) in [5.41, 5.74) is 1.26. The third-order valence-corrected chi connectivity index (χ3v) is 7.73. The third-order valence-electron chi connectivity index (χ3n) is 6.83. The second kappa shape index (κ2) is 9.71. The average Bonchev–Trinajstić information content (AvgIpc) is 3.58. The Morgan fingerprint density at radius 2 is 1.95 bits per heavy atom. The van der Waals surface area contributed by atoms with Crippen LogP contribution in [0.2, 0.25) is 0 Å². The minimum Gasteiger partial charge on any atom is -0.355 e. The van der Waals surface area contributed by atoms with Crippen LogP contribution in [0.15, 0.2) is 66.4 Å². The fourth-order valence-corrected chi connectivity index (χ4v) is 5.63. The highest BCUT2D eigenvalue weighted by Crippen LogP contribution is 2.31. The molecular weight excluding hydrogens is 513 g/mol. The SMILES string of the molecule is O=C(NCc1ccc2sccc2c1)[C@H]1CCCN(c2ncnc3nn(-c4ccc(C(F)(F)F)cc4)cc23)C1. The molecule has 0 bridgehead atoms. The maximum Gasteiger partial charge on any atom is 0.416 e. The molecular formula is C27H23F3N6OS. The Balaban J connectivity index is 1.17. The van der Waals surface area contributed by atoms with Crippen molar-refractivity contribution in [3.63, 3.8) is 0 Å². The maximum atomic E-state index is 13.0. The number of carbonyl (C=O) groups is 1. The van der Waals surface area contributed by atoms with E-state index in [-0.39, 0.29) is 11.8 Å². The predicted molar refractivity (Wildman–Crippen MR) is 140 cm³/mol. The zero-order valence-electron chi connectivity index (χ0n) is 20.2. The van der Waals surface area contributed by atoms with E-state index in [0.717, 1.165) is 37.1 Å². The van der Waals surface area contributed by atoms with Gasteiger partial charge in [0.25, 0.3) is 0 Å². The van der Waals surface area contributed by atoms with Crippen LogP contribution in [-0.4, -0.2) is 38.7 Å². The van der Waals surface area contributed by atoms with Gasteiger partial charge in [0.15, 0.2) is 5.65 Å². The molecule has 0 radical (unpaired) electrons. The number of amides is 1. The Morgan fingerprint density at radius 1 is 1.11 bits per heavy atom. The fourth-order valence-electron chi connectivity index (χ4n) is 4.86. The molecule has 3 aromatic heterocycles. The van der Waals surface area contributed by atoms with Gasteiger partial charge >= 0.3 is 6.18 Å². The first-order valence-electron chi connectivity index (χ1n) is 12.2. The molecule has 6 rings (SSSR count). The van der Waals surface area contributed by atoms with Gasteiger partial charge in [-0.05, 0) is 71.6 Å². The summed E-state index contributed by atoms with van der Waals surface area (Å²) in [4.78, 5) is 23.8. The van der Waals surface area contributed by atoms with Crippen molar-refractivity contribution in [2.75, 3.05) is 18.0 Å². The summed E-state index contributed by atoms with van der Waals surface area (Å²) < 4.78 is 41.5. The first-order chi connectivity index (χ1) is 18.3. The molecule has 2 aromatic carbocycles. The summed E-state index contributed by atoms with van der Waals surface area (Å²) in [5.74, 6) is 0.475. The van der Waals surface area contributed by atoms with E-state index in [9.17, 15) is 18.0 Å². The number of hydrogen-bond acceptors (Lipinski definition) is 6. The summed E-state index contributed by atoms with van der Waals surface area (Å²) in [7, 11) is 0. The number of rotatable bonds is 5. The van der Waals surface area contributed by atoms with E-state index in [1.54, 1.807) is 17.5 Å². The number of piperidine rings is 1. The van der Waals surface area contributed by atoms with Crippen LogP contribution in [0.25, 0.3) is 26.8 Å². The largest absolute Gasteiger partial charge is 0.416 e. The summed E-state index contributed by atoms with van der Waals surface area (Å²) in [6.07, 6.45) is 0.354. The van der Waals surface area contributed by atoms with Crippen molar-refractivity contribution in [3.05, 3.63) is 77.6 Å². The van der Waals surface area contributed by atoms with E-state index >= 15 is 0 Å². The first-order valence-corrected chi connectivity index (χ1v) is 13.1. The number of anilines is 1. The molecule has 11 heteroatoms. The van der Waals surface area contributed by atoms with Crippen LogP contribution in [0.3, 0.4) is 0 Å². The molecule has 0 unspecified atom stereocenters. The summed E-state index contributed by atoms with van der Waals surface area (Å²) in [6, 6.07) is 13.1. The molecule has 1 amide bonds. The number of nitrogens with one attached hydrogen (secondary N) is 1. The van der Waals surface area contributed by atoms with Gasteiger partial charge < -0.3 is 10.2 Å². The molecule has 1 atom stereocenters. The van der Waals surface area contributed by atoms with Crippen molar-refractivity contribution in [2.45, 2.75) is 25.6 Å². The van der Waals surface area contributed by atoms with Gasteiger partial charge in [0.2, 0.25) is 5.91 Å². The maximum absolute atomic E-state index is 13.0. The predicted octanol–water partition coefficient (Wildman–Crippen LogP) is 5.58. The molecule has 0 saturated carbocycles. The molecule has 1 saturated heterocycles. The van der Waals surface area contributed by atoms with Gasteiger partial charge in [-0.25, -0.2) is 14.6 Å². The molecule has 194 valence electrons. The Kier molecular flexibility index (Phi) is 6.22. The summed E-state index contributed by atoms with van der Waals surface area (Å²) >= 11 is 1.69. The smallest absolute Gasteiger partial charge is 0.355 e. The van der Waals surface area contributed by atoms with E-state index in [2.05, 4.69) is 48.9 Å². The van der Waals surface area contributed by atoms with E-state index in [1.165, 1.54) is 33.2 Å². The van der Waals surface area contributed by atoms with E-state index in [0.29, 0.717) is 35.6 Å². The minimum absolute atomic E-state index is 0.00543. The minimum atomic E-state index is -4.40. The standard InChI is InChI=1S/C27H23F3N6OS/c28-27(29,30)20-4-6-21(7-5-20)36-15-22-24(34-36)32-16-33-25(22)35-10-1-2-19(14-35)26(37)31-13-17-3-8-23-18(12-17)9-11-38-23/h3-9,11-12,15-16,19H,1-2,10,13-14H2,(H,31,37)/t19-/m0/s1. The van der Waals surface area contributed by atoms with Crippen LogP contribution < -0.4 is 10.2 Å². The fraction of sp³-hybridized carbons (Fsp3) is 0.259. The van der Waals surface area contributed by atoms with Gasteiger partial charge in [0.1, 0.15) is 12.1 Å². The highest BCUT2D eigenvalue weighted by atomic mass is 32.1. The van der Waals surface area contributed by atoms with Crippen LogP contribution in [0, 0.1) is 5.92 Å². The van der Waals surface area contributed by atoms with Crippen molar-refractivity contribution in [1.29, 1.82) is 0 Å². The molecule has 4 heterocycles. The number of thiophene rings is 1. The highest BCUT2D eigenvalue weighted by Gasteiger charge is 2.30. The van der Waals surface area contributed by atoms with Gasteiger partial charge in [0.05, 0.1) is 22.6 Å². The second-order valence-corrected chi connectivity index (χ2v) is 10.3. The van der Waals surface area contributed by atoms with Gasteiger partial charge in [-0.1, -0.05) is 6.07 Å². The highest BCUT2D eigenvalue weighted by molar-refractivity contribution is 7.17. The molecule has 0 aliphatic carbocycles. The number of benzene rings is 2. The average molecular weight is 537 g/mol. The van der Waals surface area contributed by atoms with Gasteiger partial charge in [-0.15, -0.1) is 16.4 Å². The molecule has 38 heavy (non-hydrogen) atoms. The number of hydrogen-bond donors (Lipinski definition) is 1. The second-order valence-electron chi connectivity index (χ2n) is 9.35. The summed E-state index contributed by atoms with van der Waals surface area (Å²) in [5, 5.41) is 11.4. The van der Waals surface area contributed by atoms with Crippen molar-refractivity contribution in [3.8, 4) is 5.69 Å². The molecule has 1 aliphatic heterocycles. The van der Waals surface area contributed by atoms with Crippen LogP contribution in [-0.2, 0) is 17.5 Å². The number of halogens is 3. The van der Waals surface area contributed by atoms with Gasteiger partial charge in [-0.2, -0.15) is 13.2 Å². The van der Waals surface area contributed by atoms with Crippen LogP contribution in [0.1, 0.15) is 24.0 Å². The van der Waals surface area contributed by atoms with Crippen LogP contribution in [0.4, 0.5) is 19.0 Å². The Labute approximate surface area is 219 Å². The zero-order valence-corrected chi connectivity index (χ0v) is 21.0. The van der Waals surface area contributed by atoms with E-state index in [4.69, 9.17) is 0 Å². The Hall–Kier alpha value is -3.99. The van der Waals surface area contributed by atoms with Crippen molar-refractivity contribution in [2.24, 2.45) is 5.92 Å². The van der Waals surface area contributed by atoms with Gasteiger partial charge in [-0.3, -0.25) is 4.79 Å². The number of fused-ring (bicyclic) bond motifs is 2. The molecule has 5 aromatic rings. The Morgan fingerprint density at radius 3 is 2.76 bits per heavy atom. The normalized spacial score (nSPS) is 16.3. The third kappa shape index (κ3) is 4.81. The number of alkyl halides is 3. The lowest BCUT2D eigenvalue weighted by Crippen LogP contribution is -2.43. The molecule has 1 fully saturated rings. The van der Waals surface area contributed by atoms with E-state index in [1.807, 2.05) is 6.07 Å². The number of carbonyl (C=O) groups excluding carboxylic acids is 1. The topological polar surface area (TPSA) is 75.9 Å². The van der Waals surface area contributed by atoms with Gasteiger partial charge in [0, 0.05) is 30.5 Å².